The van der Waals surface area contributed by atoms with E-state index < -0.39 is 17.2 Å². The number of carbonyl (C=O) groups excluding carboxylic acids is 3. The van der Waals surface area contributed by atoms with Crippen molar-refractivity contribution in [2.24, 2.45) is 0 Å². The molecule has 128 valence electrons. The van der Waals surface area contributed by atoms with E-state index in [1.165, 1.54) is 23.1 Å². The summed E-state index contributed by atoms with van der Waals surface area (Å²) in [6.07, 6.45) is 0.113. The fraction of sp³-hybridized carbons (Fsp3) is 0.571. The molecule has 1 rings (SSSR count). The van der Waals surface area contributed by atoms with E-state index in [0.29, 0.717) is 16.6 Å². The molecule has 0 aliphatic carbocycles. The number of urea groups is 1. The van der Waals surface area contributed by atoms with Crippen molar-refractivity contribution in [3.63, 3.8) is 0 Å². The van der Waals surface area contributed by atoms with Gasteiger partial charge in [-0.25, -0.2) is 9.78 Å². The van der Waals surface area contributed by atoms with Crippen molar-refractivity contribution in [2.45, 2.75) is 49.7 Å². The van der Waals surface area contributed by atoms with E-state index in [0.717, 1.165) is 0 Å². The fourth-order valence-corrected chi connectivity index (χ4v) is 3.48. The number of rotatable bonds is 7. The van der Waals surface area contributed by atoms with Gasteiger partial charge in [-0.1, -0.05) is 11.8 Å². The molecule has 0 saturated carbocycles. The number of hydrogen-bond donors (Lipinski definition) is 2. The van der Waals surface area contributed by atoms with Crippen molar-refractivity contribution in [1.82, 2.24) is 15.6 Å². The predicted molar refractivity (Wildman–Crippen MR) is 89.6 cm³/mol. The Morgan fingerprint density at radius 3 is 2.65 bits per heavy atom. The van der Waals surface area contributed by atoms with Crippen LogP contribution in [0.15, 0.2) is 9.72 Å². The molecule has 23 heavy (non-hydrogen) atoms. The Morgan fingerprint density at radius 2 is 2.04 bits per heavy atom. The first-order valence-corrected chi connectivity index (χ1v) is 8.95. The van der Waals surface area contributed by atoms with Gasteiger partial charge in [-0.15, -0.1) is 11.3 Å². The predicted octanol–water partition coefficient (Wildman–Crippen LogP) is 1.96. The first-order valence-electron chi connectivity index (χ1n) is 7.19. The van der Waals surface area contributed by atoms with E-state index in [9.17, 15) is 14.4 Å². The first kappa shape index (κ1) is 19.4. The number of amides is 3. The number of hydrogen-bond acceptors (Lipinski definition) is 7. The van der Waals surface area contributed by atoms with Crippen LogP contribution in [-0.4, -0.2) is 40.8 Å². The molecule has 3 amide bonds. The molecule has 0 aliphatic rings. The summed E-state index contributed by atoms with van der Waals surface area (Å²) in [6.45, 7) is 7.39. The number of carbonyl (C=O) groups is 3. The molecule has 0 aliphatic heterocycles. The lowest BCUT2D eigenvalue weighted by molar-refractivity contribution is -0.142. The van der Waals surface area contributed by atoms with Gasteiger partial charge in [-0.05, 0) is 27.7 Å². The molecule has 1 aromatic rings. The lowest BCUT2D eigenvalue weighted by atomic mass is 10.3. The van der Waals surface area contributed by atoms with E-state index in [2.05, 4.69) is 15.6 Å². The van der Waals surface area contributed by atoms with Crippen LogP contribution in [0.3, 0.4) is 0 Å². The van der Waals surface area contributed by atoms with Crippen molar-refractivity contribution in [1.29, 1.82) is 0 Å². The Morgan fingerprint density at radius 1 is 1.35 bits per heavy atom. The number of thioether (sulfide) groups is 1. The van der Waals surface area contributed by atoms with Crippen molar-refractivity contribution < 1.29 is 19.1 Å². The van der Waals surface area contributed by atoms with Crippen LogP contribution in [0.1, 0.15) is 33.4 Å². The Balaban J connectivity index is 2.49. The third-order valence-electron chi connectivity index (χ3n) is 2.46. The molecule has 9 heteroatoms. The maximum absolute atomic E-state index is 11.9. The zero-order chi connectivity index (χ0) is 17.4. The molecule has 0 aromatic carbocycles. The van der Waals surface area contributed by atoms with Gasteiger partial charge in [0.05, 0.1) is 24.0 Å². The molecule has 0 radical (unpaired) electrons. The van der Waals surface area contributed by atoms with Crippen LogP contribution in [0.25, 0.3) is 0 Å². The number of aromatic nitrogens is 1. The maximum Gasteiger partial charge on any atom is 0.321 e. The number of nitrogens with one attached hydrogen (secondary N) is 2. The van der Waals surface area contributed by atoms with E-state index >= 15 is 0 Å². The van der Waals surface area contributed by atoms with Crippen LogP contribution in [0.2, 0.25) is 0 Å². The Kier molecular flexibility index (Phi) is 8.04. The van der Waals surface area contributed by atoms with Crippen LogP contribution in [-0.2, 0) is 20.7 Å². The highest BCUT2D eigenvalue weighted by Crippen LogP contribution is 2.27. The topological polar surface area (TPSA) is 97.4 Å². The van der Waals surface area contributed by atoms with E-state index in [1.807, 2.05) is 13.8 Å². The first-order chi connectivity index (χ1) is 10.8. The van der Waals surface area contributed by atoms with E-state index in [-0.39, 0.29) is 18.4 Å². The minimum Gasteiger partial charge on any atom is -0.466 e. The number of esters is 1. The van der Waals surface area contributed by atoms with Crippen molar-refractivity contribution in [2.75, 3.05) is 6.61 Å². The summed E-state index contributed by atoms with van der Waals surface area (Å²) in [5.41, 5.74) is 0.612. The molecule has 1 heterocycles. The molecule has 0 bridgehead atoms. The number of ether oxygens (including phenoxy) is 1. The van der Waals surface area contributed by atoms with Crippen LogP contribution < -0.4 is 10.6 Å². The molecular formula is C14H21N3O4S2. The summed E-state index contributed by atoms with van der Waals surface area (Å²) in [7, 11) is 0. The second-order valence-corrected chi connectivity index (χ2v) is 7.41. The second-order valence-electron chi connectivity index (χ2n) is 4.96. The summed E-state index contributed by atoms with van der Waals surface area (Å²) < 4.78 is 5.52. The van der Waals surface area contributed by atoms with Gasteiger partial charge in [0, 0.05) is 11.4 Å². The smallest absolute Gasteiger partial charge is 0.321 e. The molecule has 0 spiro atoms. The summed E-state index contributed by atoms with van der Waals surface area (Å²) in [5, 5.41) is 6.15. The zero-order valence-electron chi connectivity index (χ0n) is 13.5. The molecule has 0 unspecified atom stereocenters. The third kappa shape index (κ3) is 7.47. The standard InChI is InChI=1S/C14H21N3O4S2/c1-5-21-11(18)6-10-7-22-14(16-10)23-9(4)12(19)17-13(20)15-8(2)3/h7-9H,5-6H2,1-4H3,(H2,15,17,19,20)/t9-/m0/s1. The number of nitrogens with zero attached hydrogens (tertiary/aromatic N) is 1. The van der Waals surface area contributed by atoms with Gasteiger partial charge < -0.3 is 10.1 Å². The summed E-state index contributed by atoms with van der Waals surface area (Å²) in [6, 6.07) is -0.560. The molecule has 1 atom stereocenters. The van der Waals surface area contributed by atoms with E-state index in [1.54, 1.807) is 19.2 Å². The SMILES string of the molecule is CCOC(=O)Cc1csc(S[C@@H](C)C(=O)NC(=O)NC(C)C)n1. The normalized spacial score (nSPS) is 11.9. The summed E-state index contributed by atoms with van der Waals surface area (Å²) in [5.74, 6) is -0.721. The highest BCUT2D eigenvalue weighted by Gasteiger charge is 2.19. The monoisotopic (exact) mass is 359 g/mol. The number of imide groups is 1. The van der Waals surface area contributed by atoms with Gasteiger partial charge in [0.1, 0.15) is 0 Å². The molecule has 2 N–H and O–H groups in total. The van der Waals surface area contributed by atoms with Crippen molar-refractivity contribution >= 4 is 41.0 Å². The van der Waals surface area contributed by atoms with Crippen LogP contribution in [0.4, 0.5) is 4.79 Å². The Labute approximate surface area is 143 Å². The second kappa shape index (κ2) is 9.51. The molecular weight excluding hydrogens is 338 g/mol. The highest BCUT2D eigenvalue weighted by molar-refractivity contribution is 8.02. The average molecular weight is 359 g/mol. The van der Waals surface area contributed by atoms with E-state index in [4.69, 9.17) is 4.74 Å². The van der Waals surface area contributed by atoms with Gasteiger partial charge in [0.2, 0.25) is 5.91 Å². The summed E-state index contributed by atoms with van der Waals surface area (Å²) >= 11 is 2.59. The molecule has 0 fully saturated rings. The molecule has 7 nitrogen and oxygen atoms in total. The van der Waals surface area contributed by atoms with Crippen molar-refractivity contribution in [3.05, 3.63) is 11.1 Å². The van der Waals surface area contributed by atoms with Gasteiger partial charge in [-0.3, -0.25) is 14.9 Å². The van der Waals surface area contributed by atoms with Gasteiger partial charge in [-0.2, -0.15) is 0 Å². The Bertz CT molecular complexity index is 560. The van der Waals surface area contributed by atoms with Crippen molar-refractivity contribution in [3.8, 4) is 0 Å². The zero-order valence-corrected chi connectivity index (χ0v) is 15.2. The van der Waals surface area contributed by atoms with Crippen LogP contribution in [0.5, 0.6) is 0 Å². The van der Waals surface area contributed by atoms with Gasteiger partial charge in [0.25, 0.3) is 0 Å². The summed E-state index contributed by atoms with van der Waals surface area (Å²) in [4.78, 5) is 39.1. The van der Waals surface area contributed by atoms with Gasteiger partial charge >= 0.3 is 12.0 Å². The Hall–Kier alpha value is -1.61. The quantitative estimate of drug-likeness (QED) is 0.570. The number of thiazole rings is 1. The lowest BCUT2D eigenvalue weighted by Gasteiger charge is -2.12. The molecule has 0 saturated heterocycles. The average Bonchev–Trinajstić information content (AvgIpc) is 2.84. The maximum atomic E-state index is 11.9. The minimum atomic E-state index is -0.514. The van der Waals surface area contributed by atoms with Crippen LogP contribution >= 0.6 is 23.1 Å². The molecule has 1 aromatic heterocycles. The fourth-order valence-electron chi connectivity index (χ4n) is 1.50. The highest BCUT2D eigenvalue weighted by atomic mass is 32.2. The third-order valence-corrected chi connectivity index (χ3v) is 4.59. The lowest BCUT2D eigenvalue weighted by Crippen LogP contribution is -2.45. The van der Waals surface area contributed by atoms with Crippen LogP contribution in [0, 0.1) is 0 Å². The van der Waals surface area contributed by atoms with Gasteiger partial charge in [0.15, 0.2) is 4.34 Å². The minimum absolute atomic E-state index is 0.0462. The largest absolute Gasteiger partial charge is 0.466 e.